The standard InChI is InChI=1S/C15H14BrFO/c1-10-9-12(5-8-14(10)18-2)15(16)11-3-6-13(17)7-4-11/h3-9,15H,1-2H3. The summed E-state index contributed by atoms with van der Waals surface area (Å²) < 4.78 is 18.1. The number of hydrogen-bond acceptors (Lipinski definition) is 1. The molecule has 2 rings (SSSR count). The summed E-state index contributed by atoms with van der Waals surface area (Å²) in [6.45, 7) is 2.01. The van der Waals surface area contributed by atoms with Crippen LogP contribution in [-0.4, -0.2) is 7.11 Å². The Morgan fingerprint density at radius 1 is 1.06 bits per heavy atom. The summed E-state index contributed by atoms with van der Waals surface area (Å²) in [4.78, 5) is 0.0581. The monoisotopic (exact) mass is 308 g/mol. The van der Waals surface area contributed by atoms with Gasteiger partial charge in [0, 0.05) is 0 Å². The molecule has 1 atom stereocenters. The fourth-order valence-electron chi connectivity index (χ4n) is 1.88. The zero-order valence-corrected chi connectivity index (χ0v) is 11.9. The van der Waals surface area contributed by atoms with Gasteiger partial charge in [0.2, 0.25) is 0 Å². The van der Waals surface area contributed by atoms with Gasteiger partial charge < -0.3 is 4.74 Å². The second kappa shape index (κ2) is 5.53. The number of ether oxygens (including phenoxy) is 1. The van der Waals surface area contributed by atoms with Gasteiger partial charge >= 0.3 is 0 Å². The van der Waals surface area contributed by atoms with Crippen molar-refractivity contribution in [3.05, 3.63) is 65.0 Å². The van der Waals surface area contributed by atoms with E-state index < -0.39 is 0 Å². The van der Waals surface area contributed by atoms with Crippen LogP contribution in [0.5, 0.6) is 5.75 Å². The van der Waals surface area contributed by atoms with Crippen molar-refractivity contribution in [3.8, 4) is 5.75 Å². The van der Waals surface area contributed by atoms with E-state index in [0.717, 1.165) is 22.4 Å². The van der Waals surface area contributed by atoms with Gasteiger partial charge in [0.25, 0.3) is 0 Å². The number of alkyl halides is 1. The van der Waals surface area contributed by atoms with Gasteiger partial charge in [-0.2, -0.15) is 0 Å². The van der Waals surface area contributed by atoms with Crippen LogP contribution in [0.25, 0.3) is 0 Å². The fraction of sp³-hybridized carbons (Fsp3) is 0.200. The zero-order chi connectivity index (χ0) is 13.1. The molecule has 0 N–H and O–H groups in total. The lowest BCUT2D eigenvalue weighted by Crippen LogP contribution is -1.95. The Labute approximate surface area is 115 Å². The maximum atomic E-state index is 12.9. The van der Waals surface area contributed by atoms with E-state index in [-0.39, 0.29) is 10.6 Å². The number of benzene rings is 2. The second-order valence-corrected chi connectivity index (χ2v) is 5.06. The van der Waals surface area contributed by atoms with Gasteiger partial charge in [-0.25, -0.2) is 4.39 Å². The Kier molecular flexibility index (Phi) is 4.02. The highest BCUT2D eigenvalue weighted by molar-refractivity contribution is 9.09. The Balaban J connectivity index is 2.31. The lowest BCUT2D eigenvalue weighted by Gasteiger charge is -2.13. The highest BCUT2D eigenvalue weighted by atomic mass is 79.9. The molecular formula is C15H14BrFO. The molecule has 0 aliphatic carbocycles. The van der Waals surface area contributed by atoms with E-state index in [1.807, 2.05) is 19.1 Å². The SMILES string of the molecule is COc1ccc(C(Br)c2ccc(F)cc2)cc1C. The molecule has 0 saturated carbocycles. The van der Waals surface area contributed by atoms with E-state index in [1.54, 1.807) is 19.2 Å². The fourth-order valence-corrected chi connectivity index (χ4v) is 2.47. The van der Waals surface area contributed by atoms with Crippen LogP contribution in [0.2, 0.25) is 0 Å². The topological polar surface area (TPSA) is 9.23 Å². The number of methoxy groups -OCH3 is 1. The summed E-state index contributed by atoms with van der Waals surface area (Å²) >= 11 is 3.64. The highest BCUT2D eigenvalue weighted by Crippen LogP contribution is 2.33. The number of halogens is 2. The van der Waals surface area contributed by atoms with Crippen LogP contribution in [0.15, 0.2) is 42.5 Å². The molecule has 1 unspecified atom stereocenters. The van der Waals surface area contributed by atoms with Crippen molar-refractivity contribution < 1.29 is 9.13 Å². The van der Waals surface area contributed by atoms with E-state index in [2.05, 4.69) is 22.0 Å². The lowest BCUT2D eigenvalue weighted by atomic mass is 10.0. The van der Waals surface area contributed by atoms with Crippen LogP contribution in [0.4, 0.5) is 4.39 Å². The summed E-state index contributed by atoms with van der Waals surface area (Å²) in [6, 6.07) is 12.5. The molecule has 1 nitrogen and oxygen atoms in total. The third-order valence-electron chi connectivity index (χ3n) is 2.87. The van der Waals surface area contributed by atoms with Crippen LogP contribution >= 0.6 is 15.9 Å². The minimum absolute atomic E-state index is 0.0581. The molecule has 0 radical (unpaired) electrons. The molecule has 2 aromatic rings. The largest absolute Gasteiger partial charge is 0.496 e. The van der Waals surface area contributed by atoms with E-state index in [9.17, 15) is 4.39 Å². The van der Waals surface area contributed by atoms with Crippen molar-refractivity contribution >= 4 is 15.9 Å². The quantitative estimate of drug-likeness (QED) is 0.751. The predicted molar refractivity (Wildman–Crippen MR) is 74.9 cm³/mol. The maximum absolute atomic E-state index is 12.9. The first-order valence-corrected chi connectivity index (χ1v) is 6.57. The summed E-state index contributed by atoms with van der Waals surface area (Å²) in [7, 11) is 1.66. The van der Waals surface area contributed by atoms with Gasteiger partial charge in [-0.05, 0) is 41.8 Å². The van der Waals surface area contributed by atoms with Crippen molar-refractivity contribution in [1.82, 2.24) is 0 Å². The van der Waals surface area contributed by atoms with Gasteiger partial charge in [-0.15, -0.1) is 0 Å². The summed E-state index contributed by atoms with van der Waals surface area (Å²) in [5, 5.41) is 0. The van der Waals surface area contributed by atoms with Crippen LogP contribution in [-0.2, 0) is 0 Å². The normalized spacial score (nSPS) is 12.2. The van der Waals surface area contributed by atoms with E-state index in [4.69, 9.17) is 4.74 Å². The Morgan fingerprint density at radius 2 is 1.67 bits per heavy atom. The maximum Gasteiger partial charge on any atom is 0.123 e. The summed E-state index contributed by atoms with van der Waals surface area (Å²) in [6.07, 6.45) is 0. The molecule has 0 fully saturated rings. The van der Waals surface area contributed by atoms with Crippen LogP contribution in [0.1, 0.15) is 21.5 Å². The van der Waals surface area contributed by atoms with Crippen molar-refractivity contribution in [2.75, 3.05) is 7.11 Å². The molecule has 3 heteroatoms. The molecule has 2 aromatic carbocycles. The van der Waals surface area contributed by atoms with Crippen molar-refractivity contribution in [2.24, 2.45) is 0 Å². The van der Waals surface area contributed by atoms with Gasteiger partial charge in [0.05, 0.1) is 11.9 Å². The van der Waals surface area contributed by atoms with Crippen molar-refractivity contribution in [1.29, 1.82) is 0 Å². The smallest absolute Gasteiger partial charge is 0.123 e. The third-order valence-corrected chi connectivity index (χ3v) is 3.93. The number of rotatable bonds is 3. The second-order valence-electron chi connectivity index (χ2n) is 4.14. The summed E-state index contributed by atoms with van der Waals surface area (Å²) in [5.74, 6) is 0.655. The van der Waals surface area contributed by atoms with Gasteiger partial charge in [-0.1, -0.05) is 40.2 Å². The first-order chi connectivity index (χ1) is 8.61. The van der Waals surface area contributed by atoms with E-state index in [1.165, 1.54) is 12.1 Å². The number of aryl methyl sites for hydroxylation is 1. The van der Waals surface area contributed by atoms with Crippen LogP contribution < -0.4 is 4.74 Å². The predicted octanol–water partition coefficient (Wildman–Crippen LogP) is 4.63. The van der Waals surface area contributed by atoms with Gasteiger partial charge in [0.1, 0.15) is 11.6 Å². The molecule has 0 spiro atoms. The summed E-state index contributed by atoms with van der Waals surface area (Å²) in [5.41, 5.74) is 3.24. The first-order valence-electron chi connectivity index (χ1n) is 5.66. The van der Waals surface area contributed by atoms with E-state index >= 15 is 0 Å². The molecule has 0 saturated heterocycles. The lowest BCUT2D eigenvalue weighted by molar-refractivity contribution is 0.411. The molecule has 0 bridgehead atoms. The van der Waals surface area contributed by atoms with Crippen LogP contribution in [0.3, 0.4) is 0 Å². The third kappa shape index (κ3) is 2.72. The molecule has 0 heterocycles. The van der Waals surface area contributed by atoms with Gasteiger partial charge in [-0.3, -0.25) is 0 Å². The van der Waals surface area contributed by atoms with Gasteiger partial charge in [0.15, 0.2) is 0 Å². The first kappa shape index (κ1) is 13.1. The minimum atomic E-state index is -0.218. The molecule has 18 heavy (non-hydrogen) atoms. The minimum Gasteiger partial charge on any atom is -0.496 e. The van der Waals surface area contributed by atoms with E-state index in [0.29, 0.717) is 0 Å². The molecule has 0 aromatic heterocycles. The van der Waals surface area contributed by atoms with Crippen molar-refractivity contribution in [2.45, 2.75) is 11.8 Å². The highest BCUT2D eigenvalue weighted by Gasteiger charge is 2.11. The zero-order valence-electron chi connectivity index (χ0n) is 10.3. The molecule has 94 valence electrons. The molecule has 0 aliphatic rings. The van der Waals surface area contributed by atoms with Crippen LogP contribution in [0, 0.1) is 12.7 Å². The number of hydrogen-bond donors (Lipinski definition) is 0. The average molecular weight is 309 g/mol. The van der Waals surface area contributed by atoms with Crippen molar-refractivity contribution in [3.63, 3.8) is 0 Å². The Morgan fingerprint density at radius 3 is 2.22 bits per heavy atom. The molecule has 0 amide bonds. The molecular weight excluding hydrogens is 295 g/mol. The Bertz CT molecular complexity index is 537. The average Bonchev–Trinajstić information content (AvgIpc) is 2.38. The Hall–Kier alpha value is -1.35. The molecule has 0 aliphatic heterocycles.